The van der Waals surface area contributed by atoms with Gasteiger partial charge in [-0.2, -0.15) is 0 Å². The van der Waals surface area contributed by atoms with Crippen molar-refractivity contribution in [2.75, 3.05) is 0 Å². The van der Waals surface area contributed by atoms with Crippen molar-refractivity contribution in [3.05, 3.63) is 0 Å². The molecule has 0 heterocycles. The van der Waals surface area contributed by atoms with Crippen LogP contribution in [0.1, 0.15) is 26.7 Å². The Bertz CT molecular complexity index is 64.1. The third-order valence-electron chi connectivity index (χ3n) is 1.59. The monoisotopic (exact) mass is 132 g/mol. The van der Waals surface area contributed by atoms with Crippen LogP contribution in [0.4, 0.5) is 0 Å². The van der Waals surface area contributed by atoms with Gasteiger partial charge in [-0.15, -0.1) is 0 Å². The molecule has 0 aliphatic heterocycles. The Kier molecular flexibility index (Phi) is 4.67. The zero-order valence-electron chi connectivity index (χ0n) is 6.09. The van der Waals surface area contributed by atoms with Gasteiger partial charge >= 0.3 is 0 Å². The maximum atomic E-state index is 8.50. The van der Waals surface area contributed by atoms with Crippen LogP contribution in [0.15, 0.2) is 0 Å². The first kappa shape index (κ1) is 8.88. The van der Waals surface area contributed by atoms with Crippen molar-refractivity contribution in [3.8, 4) is 0 Å². The molecule has 2 unspecified atom stereocenters. The van der Waals surface area contributed by atoms with Crippen LogP contribution in [-0.4, -0.2) is 17.3 Å². The molecule has 4 N–H and O–H groups in total. The van der Waals surface area contributed by atoms with E-state index >= 15 is 0 Å². The van der Waals surface area contributed by atoms with E-state index in [4.69, 9.17) is 10.9 Å². The Morgan fingerprint density at radius 1 is 1.44 bits per heavy atom. The number of hydroxylamine groups is 1. The summed E-state index contributed by atoms with van der Waals surface area (Å²) in [6.45, 7) is 3.99. The van der Waals surface area contributed by atoms with Gasteiger partial charge < -0.3 is 10.9 Å². The summed E-state index contributed by atoms with van der Waals surface area (Å²) in [5.74, 6) is 0. The first-order valence-corrected chi connectivity index (χ1v) is 3.41. The van der Waals surface area contributed by atoms with Gasteiger partial charge in [0.05, 0.1) is 0 Å². The third-order valence-corrected chi connectivity index (χ3v) is 1.59. The van der Waals surface area contributed by atoms with E-state index in [1.807, 2.05) is 13.8 Å². The van der Waals surface area contributed by atoms with Crippen LogP contribution in [-0.2, 0) is 0 Å². The van der Waals surface area contributed by atoms with Crippen LogP contribution in [0.2, 0.25) is 0 Å². The fourth-order valence-corrected chi connectivity index (χ4v) is 0.774. The van der Waals surface area contributed by atoms with E-state index < -0.39 is 0 Å². The fourth-order valence-electron chi connectivity index (χ4n) is 0.774. The van der Waals surface area contributed by atoms with Crippen LogP contribution >= 0.6 is 0 Å². The van der Waals surface area contributed by atoms with Gasteiger partial charge in [0.1, 0.15) is 0 Å². The molecule has 0 spiro atoms. The third kappa shape index (κ3) is 2.79. The van der Waals surface area contributed by atoms with Crippen LogP contribution in [0.25, 0.3) is 0 Å². The second-order valence-electron chi connectivity index (χ2n) is 2.22. The predicted octanol–water partition coefficient (Wildman–Crippen LogP) is 0.481. The molecule has 0 aliphatic rings. The molecular formula is C6H16N2O. The topological polar surface area (TPSA) is 58.3 Å². The number of hydrogen-bond donors (Lipinski definition) is 3. The minimum Gasteiger partial charge on any atom is -0.326 e. The summed E-state index contributed by atoms with van der Waals surface area (Å²) in [7, 11) is 0. The maximum absolute atomic E-state index is 8.50. The summed E-state index contributed by atoms with van der Waals surface area (Å²) >= 11 is 0. The van der Waals surface area contributed by atoms with E-state index in [9.17, 15) is 0 Å². The molecule has 0 amide bonds. The first-order valence-electron chi connectivity index (χ1n) is 3.41. The zero-order chi connectivity index (χ0) is 7.28. The summed E-state index contributed by atoms with van der Waals surface area (Å²) in [5, 5.41) is 8.50. The van der Waals surface area contributed by atoms with Crippen molar-refractivity contribution >= 4 is 0 Å². The van der Waals surface area contributed by atoms with Crippen molar-refractivity contribution in [2.45, 2.75) is 38.8 Å². The van der Waals surface area contributed by atoms with Gasteiger partial charge in [0.25, 0.3) is 0 Å². The smallest absolute Gasteiger partial charge is 0.0468 e. The molecule has 0 rings (SSSR count). The Morgan fingerprint density at radius 2 is 2.00 bits per heavy atom. The Labute approximate surface area is 56.2 Å². The molecule has 2 atom stereocenters. The average molecular weight is 132 g/mol. The van der Waals surface area contributed by atoms with Gasteiger partial charge in [-0.1, -0.05) is 13.8 Å². The van der Waals surface area contributed by atoms with Crippen LogP contribution in [0.5, 0.6) is 0 Å². The van der Waals surface area contributed by atoms with Gasteiger partial charge in [0.2, 0.25) is 0 Å². The molecule has 0 saturated heterocycles. The number of nitrogens with one attached hydrogen (secondary N) is 1. The molecule has 3 nitrogen and oxygen atoms in total. The molecule has 56 valence electrons. The highest BCUT2D eigenvalue weighted by Gasteiger charge is 2.11. The lowest BCUT2D eigenvalue weighted by Crippen LogP contribution is -2.42. The van der Waals surface area contributed by atoms with Crippen molar-refractivity contribution in [1.82, 2.24) is 5.48 Å². The quantitative estimate of drug-likeness (QED) is 0.488. The fraction of sp³-hybridized carbons (Fsp3) is 1.00. The van der Waals surface area contributed by atoms with Gasteiger partial charge in [-0.3, -0.25) is 0 Å². The SMILES string of the molecule is CCC(N)C(CC)NO. The molecule has 0 aromatic rings. The molecule has 0 aliphatic carbocycles. The lowest BCUT2D eigenvalue weighted by molar-refractivity contribution is 0.110. The molecule has 0 saturated carbocycles. The van der Waals surface area contributed by atoms with E-state index in [1.165, 1.54) is 0 Å². The normalized spacial score (nSPS) is 17.3. The molecule has 0 radical (unpaired) electrons. The predicted molar refractivity (Wildman–Crippen MR) is 37.3 cm³/mol. The Hall–Kier alpha value is -0.120. The van der Waals surface area contributed by atoms with E-state index in [0.717, 1.165) is 12.8 Å². The summed E-state index contributed by atoms with van der Waals surface area (Å²) in [6.07, 6.45) is 1.76. The van der Waals surface area contributed by atoms with Crippen LogP contribution in [0, 0.1) is 0 Å². The minimum atomic E-state index is 0.0509. The van der Waals surface area contributed by atoms with Crippen LogP contribution in [0.3, 0.4) is 0 Å². The summed E-state index contributed by atoms with van der Waals surface area (Å²) in [4.78, 5) is 0. The lowest BCUT2D eigenvalue weighted by Gasteiger charge is -2.18. The number of rotatable bonds is 4. The molecule has 0 aromatic heterocycles. The van der Waals surface area contributed by atoms with Crippen molar-refractivity contribution < 1.29 is 5.21 Å². The molecule has 0 bridgehead atoms. The first-order chi connectivity index (χ1) is 4.26. The van der Waals surface area contributed by atoms with E-state index in [0.29, 0.717) is 0 Å². The van der Waals surface area contributed by atoms with Crippen molar-refractivity contribution in [1.29, 1.82) is 0 Å². The van der Waals surface area contributed by atoms with Gasteiger partial charge in [-0.25, -0.2) is 5.48 Å². The summed E-state index contributed by atoms with van der Waals surface area (Å²) in [6, 6.07) is 0.120. The van der Waals surface area contributed by atoms with E-state index in [1.54, 1.807) is 0 Å². The summed E-state index contributed by atoms with van der Waals surface area (Å²) in [5.41, 5.74) is 7.79. The highest BCUT2D eigenvalue weighted by Crippen LogP contribution is 1.97. The minimum absolute atomic E-state index is 0.0509. The molecule has 3 heteroatoms. The van der Waals surface area contributed by atoms with E-state index in [2.05, 4.69) is 5.48 Å². The van der Waals surface area contributed by atoms with Crippen molar-refractivity contribution in [3.63, 3.8) is 0 Å². The highest BCUT2D eigenvalue weighted by molar-refractivity contribution is 4.72. The van der Waals surface area contributed by atoms with Crippen LogP contribution < -0.4 is 11.2 Å². The zero-order valence-corrected chi connectivity index (χ0v) is 6.09. The molecule has 0 fully saturated rings. The lowest BCUT2D eigenvalue weighted by atomic mass is 10.1. The van der Waals surface area contributed by atoms with Crippen molar-refractivity contribution in [2.24, 2.45) is 5.73 Å². The highest BCUT2D eigenvalue weighted by atomic mass is 16.5. The Balaban J connectivity index is 3.50. The Morgan fingerprint density at radius 3 is 2.11 bits per heavy atom. The molecule has 0 aromatic carbocycles. The maximum Gasteiger partial charge on any atom is 0.0468 e. The molecule has 9 heavy (non-hydrogen) atoms. The van der Waals surface area contributed by atoms with Gasteiger partial charge in [0, 0.05) is 12.1 Å². The second-order valence-corrected chi connectivity index (χ2v) is 2.22. The standard InChI is InChI=1S/C6H16N2O/c1-3-5(7)6(4-2)8-9/h5-6,8-9H,3-4,7H2,1-2H3. The van der Waals surface area contributed by atoms with Gasteiger partial charge in [0.15, 0.2) is 0 Å². The molecular weight excluding hydrogens is 116 g/mol. The van der Waals surface area contributed by atoms with E-state index in [-0.39, 0.29) is 12.1 Å². The second kappa shape index (κ2) is 4.73. The largest absolute Gasteiger partial charge is 0.326 e. The summed E-state index contributed by atoms with van der Waals surface area (Å²) < 4.78 is 0. The number of nitrogens with two attached hydrogens (primary N) is 1. The van der Waals surface area contributed by atoms with Gasteiger partial charge in [-0.05, 0) is 12.8 Å². The average Bonchev–Trinajstić information content (AvgIpc) is 1.90. The number of hydrogen-bond acceptors (Lipinski definition) is 3.